The molecule has 2 fully saturated rings. The average Bonchev–Trinajstić information content (AvgIpc) is 3.55. The number of amides is 2. The number of nitrogens with zero attached hydrogens (tertiary/aromatic N) is 2. The van der Waals surface area contributed by atoms with Gasteiger partial charge in [-0.05, 0) is 80.1 Å². The fourth-order valence-electron chi connectivity index (χ4n) is 5.61. The summed E-state index contributed by atoms with van der Waals surface area (Å²) in [7, 11) is 0. The van der Waals surface area contributed by atoms with E-state index in [2.05, 4.69) is 0 Å². The molecule has 39 heavy (non-hydrogen) atoms. The fourth-order valence-corrected chi connectivity index (χ4v) is 7.64. The van der Waals surface area contributed by atoms with E-state index in [1.165, 1.54) is 11.3 Å². The van der Waals surface area contributed by atoms with E-state index in [0.29, 0.717) is 43.3 Å². The van der Waals surface area contributed by atoms with Crippen LogP contribution in [0, 0.1) is 5.92 Å². The minimum atomic E-state index is -1.11. The van der Waals surface area contributed by atoms with Gasteiger partial charge in [-0.15, -0.1) is 11.3 Å². The molecule has 0 spiro atoms. The lowest BCUT2D eigenvalue weighted by molar-refractivity contribution is -0.126. The van der Waals surface area contributed by atoms with E-state index < -0.39 is 35.8 Å². The van der Waals surface area contributed by atoms with Gasteiger partial charge in [0.1, 0.15) is 10.9 Å². The Hall–Kier alpha value is -2.62. The second-order valence-electron chi connectivity index (χ2n) is 9.59. The van der Waals surface area contributed by atoms with Crippen LogP contribution in [0.1, 0.15) is 52.2 Å². The lowest BCUT2D eigenvalue weighted by Gasteiger charge is -2.29. The molecule has 2 aromatic carbocycles. The van der Waals surface area contributed by atoms with Crippen LogP contribution in [0.2, 0.25) is 15.1 Å². The van der Waals surface area contributed by atoms with Gasteiger partial charge in [0.15, 0.2) is 6.10 Å². The Morgan fingerprint density at radius 3 is 2.46 bits per heavy atom. The summed E-state index contributed by atoms with van der Waals surface area (Å²) in [6.45, 7) is 1.92. The summed E-state index contributed by atoms with van der Waals surface area (Å²) >= 11 is 20.2. The van der Waals surface area contributed by atoms with Crippen molar-refractivity contribution in [3.05, 3.63) is 79.1 Å². The molecule has 6 rings (SSSR count). The summed E-state index contributed by atoms with van der Waals surface area (Å²) in [6, 6.07) is 11.2. The quantitative estimate of drug-likeness (QED) is 0.235. The van der Waals surface area contributed by atoms with Crippen molar-refractivity contribution in [3.8, 4) is 0 Å². The van der Waals surface area contributed by atoms with Crippen LogP contribution < -0.4 is 9.96 Å². The molecule has 3 aliphatic rings. The van der Waals surface area contributed by atoms with Gasteiger partial charge in [-0.3, -0.25) is 14.4 Å². The van der Waals surface area contributed by atoms with Crippen LogP contribution in [-0.2, 0) is 32.0 Å². The lowest BCUT2D eigenvalue weighted by atomic mass is 9.90. The van der Waals surface area contributed by atoms with E-state index >= 15 is 0 Å². The molecule has 1 aliphatic carbocycles. The predicted molar refractivity (Wildman–Crippen MR) is 151 cm³/mol. The number of rotatable bonds is 5. The molecular weight excluding hydrogens is 583 g/mol. The smallest absolute Gasteiger partial charge is 0.341 e. The third kappa shape index (κ3) is 4.43. The van der Waals surface area contributed by atoms with Crippen LogP contribution >= 0.6 is 46.1 Å². The summed E-state index contributed by atoms with van der Waals surface area (Å²) in [5.41, 5.74) is 2.38. The summed E-state index contributed by atoms with van der Waals surface area (Å²) in [6.07, 6.45) is 2.29. The van der Waals surface area contributed by atoms with Gasteiger partial charge >= 0.3 is 5.97 Å². The Labute approximate surface area is 244 Å². The van der Waals surface area contributed by atoms with Gasteiger partial charge in [0.2, 0.25) is 5.91 Å². The Morgan fingerprint density at radius 1 is 1.03 bits per heavy atom. The van der Waals surface area contributed by atoms with Crippen molar-refractivity contribution in [2.75, 3.05) is 16.6 Å². The molecule has 202 valence electrons. The van der Waals surface area contributed by atoms with Gasteiger partial charge in [0.05, 0.1) is 23.9 Å². The van der Waals surface area contributed by atoms with E-state index in [1.54, 1.807) is 54.5 Å². The lowest BCUT2D eigenvalue weighted by Crippen LogP contribution is -2.37. The van der Waals surface area contributed by atoms with Gasteiger partial charge in [-0.25, -0.2) is 14.8 Å². The maximum absolute atomic E-state index is 14.2. The molecule has 0 unspecified atom stereocenters. The normalized spacial score (nSPS) is 22.3. The Kier molecular flexibility index (Phi) is 7.10. The molecule has 0 radical (unpaired) electrons. The number of halogens is 3. The Bertz CT molecular complexity index is 1490. The molecule has 11 heteroatoms. The highest BCUT2D eigenvalue weighted by Crippen LogP contribution is 2.51. The number of thiophene rings is 1. The molecule has 0 saturated carbocycles. The third-order valence-corrected chi connectivity index (χ3v) is 9.40. The van der Waals surface area contributed by atoms with E-state index in [0.717, 1.165) is 34.6 Å². The number of hydrogen-bond acceptors (Lipinski definition) is 7. The number of carbonyl (C=O) groups is 3. The van der Waals surface area contributed by atoms with Gasteiger partial charge in [0.25, 0.3) is 5.91 Å². The number of carbonyl (C=O) groups excluding carboxylic acids is 3. The van der Waals surface area contributed by atoms with Crippen LogP contribution in [-0.4, -0.2) is 30.5 Å². The molecule has 7 nitrogen and oxygen atoms in total. The van der Waals surface area contributed by atoms with E-state index in [4.69, 9.17) is 44.4 Å². The largest absolute Gasteiger partial charge is 0.462 e. The molecule has 1 aromatic heterocycles. The first-order chi connectivity index (χ1) is 18.8. The number of hydroxylamine groups is 1. The Morgan fingerprint density at radius 2 is 1.74 bits per heavy atom. The summed E-state index contributed by atoms with van der Waals surface area (Å²) in [5.74, 6) is -2.42. The van der Waals surface area contributed by atoms with Crippen LogP contribution in [0.15, 0.2) is 42.5 Å². The number of aryl methyl sites for hydroxylation is 1. The van der Waals surface area contributed by atoms with Gasteiger partial charge in [-0.2, -0.15) is 0 Å². The van der Waals surface area contributed by atoms with Crippen molar-refractivity contribution in [1.29, 1.82) is 0 Å². The van der Waals surface area contributed by atoms with Crippen molar-refractivity contribution in [3.63, 3.8) is 0 Å². The van der Waals surface area contributed by atoms with Crippen LogP contribution in [0.25, 0.3) is 0 Å². The number of anilines is 2. The van der Waals surface area contributed by atoms with Crippen molar-refractivity contribution >= 4 is 74.6 Å². The van der Waals surface area contributed by atoms with Gasteiger partial charge < -0.3 is 4.74 Å². The van der Waals surface area contributed by atoms with Crippen molar-refractivity contribution in [1.82, 2.24) is 0 Å². The molecule has 2 aliphatic heterocycles. The highest BCUT2D eigenvalue weighted by Gasteiger charge is 2.61. The van der Waals surface area contributed by atoms with E-state index in [-0.39, 0.29) is 6.61 Å². The summed E-state index contributed by atoms with van der Waals surface area (Å²) in [4.78, 5) is 49.6. The summed E-state index contributed by atoms with van der Waals surface area (Å²) in [5, 5.41) is 3.17. The SMILES string of the molecule is CCOC(=O)c1c(N2C(=O)[C@@H]3[C@@H](ON(c4ccc(Cl)cc4)[C@H]3c3ccc(Cl)cc3Cl)C2=O)sc2c1CCCC2. The molecule has 2 amide bonds. The zero-order valence-corrected chi connectivity index (χ0v) is 23.9. The number of fused-ring (bicyclic) bond motifs is 2. The summed E-state index contributed by atoms with van der Waals surface area (Å²) < 4.78 is 5.36. The van der Waals surface area contributed by atoms with Crippen LogP contribution in [0.4, 0.5) is 10.7 Å². The monoisotopic (exact) mass is 604 g/mol. The molecule has 3 aromatic rings. The number of ether oxygens (including phenoxy) is 1. The van der Waals surface area contributed by atoms with Crippen LogP contribution in [0.3, 0.4) is 0 Å². The second kappa shape index (κ2) is 10.4. The molecule has 0 bridgehead atoms. The zero-order chi connectivity index (χ0) is 27.4. The van der Waals surface area contributed by atoms with Crippen LogP contribution in [0.5, 0.6) is 0 Å². The standard InChI is InChI=1S/C28H23Cl3N2O5S/c1-2-37-28(36)21-18-5-3-4-6-20(18)39-27(21)32-25(34)22-23(17-12-9-15(30)13-19(17)31)33(38-24(22)26(32)35)16-10-7-14(29)8-11-16/h7-13,22-24H,2-6H2,1H3/t22-,23-,24+/m0/s1. The van der Waals surface area contributed by atoms with Gasteiger partial charge in [0, 0.05) is 19.9 Å². The van der Waals surface area contributed by atoms with Crippen molar-refractivity contribution < 1.29 is 24.0 Å². The highest BCUT2D eigenvalue weighted by atomic mass is 35.5. The first-order valence-corrected chi connectivity index (χ1v) is 14.6. The average molecular weight is 606 g/mol. The molecular formula is C28H23Cl3N2O5S. The Balaban J connectivity index is 1.46. The number of hydrogen-bond donors (Lipinski definition) is 0. The number of benzene rings is 2. The molecule has 2 saturated heterocycles. The van der Waals surface area contributed by atoms with Crippen molar-refractivity contribution in [2.24, 2.45) is 5.92 Å². The minimum Gasteiger partial charge on any atom is -0.462 e. The molecule has 3 atom stereocenters. The number of esters is 1. The first kappa shape index (κ1) is 26.6. The minimum absolute atomic E-state index is 0.187. The fraction of sp³-hybridized carbons (Fsp3) is 0.321. The van der Waals surface area contributed by atoms with E-state index in [1.807, 2.05) is 0 Å². The third-order valence-electron chi connectivity index (χ3n) is 7.31. The first-order valence-electron chi connectivity index (χ1n) is 12.7. The van der Waals surface area contributed by atoms with Gasteiger partial charge in [-0.1, -0.05) is 40.9 Å². The van der Waals surface area contributed by atoms with E-state index in [9.17, 15) is 14.4 Å². The zero-order valence-electron chi connectivity index (χ0n) is 20.8. The highest BCUT2D eigenvalue weighted by molar-refractivity contribution is 7.17. The maximum Gasteiger partial charge on any atom is 0.341 e. The molecule has 3 heterocycles. The predicted octanol–water partition coefficient (Wildman–Crippen LogP) is 6.81. The topological polar surface area (TPSA) is 76.2 Å². The molecule has 0 N–H and O–H groups in total. The van der Waals surface area contributed by atoms with Crippen molar-refractivity contribution in [2.45, 2.75) is 44.8 Å². The maximum atomic E-state index is 14.2. The second-order valence-corrected chi connectivity index (χ2v) is 12.0. The number of imide groups is 1.